The van der Waals surface area contributed by atoms with E-state index in [-0.39, 0.29) is 5.82 Å². The monoisotopic (exact) mass is 341 g/mol. The highest BCUT2D eigenvalue weighted by Crippen LogP contribution is 2.24. The molecular weight excluding hydrogens is 325 g/mol. The van der Waals surface area contributed by atoms with Crippen LogP contribution in [0.1, 0.15) is 10.4 Å². The highest BCUT2D eigenvalue weighted by molar-refractivity contribution is 9.10. The van der Waals surface area contributed by atoms with Crippen LogP contribution >= 0.6 is 27.3 Å². The first-order valence-electron chi connectivity index (χ1n) is 6.29. The lowest BCUT2D eigenvalue weighted by Gasteiger charge is -2.15. The Labute approximate surface area is 126 Å². The maximum Gasteiger partial charge on any atom is 0.123 e. The van der Waals surface area contributed by atoms with Gasteiger partial charge in [-0.2, -0.15) is 0 Å². The van der Waals surface area contributed by atoms with Crippen LogP contribution in [-0.2, 0) is 12.8 Å². The summed E-state index contributed by atoms with van der Waals surface area (Å²) in [7, 11) is 1.96. The average Bonchev–Trinajstić information content (AvgIpc) is 2.75. The van der Waals surface area contributed by atoms with Gasteiger partial charge in [-0.05, 0) is 72.0 Å². The molecule has 0 radical (unpaired) electrons. The zero-order valence-corrected chi connectivity index (χ0v) is 13.2. The van der Waals surface area contributed by atoms with Crippen LogP contribution in [0.5, 0.6) is 0 Å². The zero-order chi connectivity index (χ0) is 13.7. The van der Waals surface area contributed by atoms with E-state index in [0.717, 1.165) is 29.4 Å². The number of nitrogens with one attached hydrogen (secondary N) is 1. The standard InChI is InChI=1S/C15H17BrFNS/c1-18-9-12(7-15-8-13(16)10-19-15)5-11-3-2-4-14(17)6-11/h2-4,6,8,10,12,18H,5,7,9H2,1H3. The summed E-state index contributed by atoms with van der Waals surface area (Å²) in [6, 6.07) is 9.07. The molecule has 0 spiro atoms. The summed E-state index contributed by atoms with van der Waals surface area (Å²) in [4.78, 5) is 1.36. The molecule has 4 heteroatoms. The van der Waals surface area contributed by atoms with Gasteiger partial charge in [0.05, 0.1) is 0 Å². The Hall–Kier alpha value is -0.710. The molecule has 102 valence electrons. The largest absolute Gasteiger partial charge is 0.319 e. The van der Waals surface area contributed by atoms with Crippen molar-refractivity contribution in [1.82, 2.24) is 5.32 Å². The minimum absolute atomic E-state index is 0.153. The van der Waals surface area contributed by atoms with E-state index in [1.54, 1.807) is 23.5 Å². The molecule has 1 nitrogen and oxygen atoms in total. The third kappa shape index (κ3) is 4.71. The van der Waals surface area contributed by atoms with Crippen LogP contribution in [0, 0.1) is 11.7 Å². The lowest BCUT2D eigenvalue weighted by molar-refractivity contribution is 0.495. The molecule has 0 bridgehead atoms. The number of hydrogen-bond donors (Lipinski definition) is 1. The molecule has 1 atom stereocenters. The van der Waals surface area contributed by atoms with Crippen LogP contribution in [0.2, 0.25) is 0 Å². The van der Waals surface area contributed by atoms with Crippen molar-refractivity contribution in [1.29, 1.82) is 0 Å². The number of rotatable bonds is 6. The van der Waals surface area contributed by atoms with E-state index >= 15 is 0 Å². The first-order valence-corrected chi connectivity index (χ1v) is 7.96. The molecule has 19 heavy (non-hydrogen) atoms. The van der Waals surface area contributed by atoms with Crippen LogP contribution < -0.4 is 5.32 Å². The molecule has 0 amide bonds. The smallest absolute Gasteiger partial charge is 0.123 e. The highest BCUT2D eigenvalue weighted by atomic mass is 79.9. The second-order valence-electron chi connectivity index (χ2n) is 4.69. The van der Waals surface area contributed by atoms with Crippen molar-refractivity contribution in [2.24, 2.45) is 5.92 Å². The van der Waals surface area contributed by atoms with Gasteiger partial charge in [0.1, 0.15) is 5.82 Å². The predicted octanol–water partition coefficient (Wildman–Crippen LogP) is 4.27. The van der Waals surface area contributed by atoms with Gasteiger partial charge in [-0.15, -0.1) is 11.3 Å². The Kier molecular flexibility index (Phi) is 5.55. The summed E-state index contributed by atoms with van der Waals surface area (Å²) in [6.07, 6.45) is 1.92. The van der Waals surface area contributed by atoms with Gasteiger partial charge in [0.15, 0.2) is 0 Å². The Morgan fingerprint density at radius 2 is 2.16 bits per heavy atom. The minimum atomic E-state index is -0.153. The molecule has 0 aliphatic heterocycles. The van der Waals surface area contributed by atoms with Gasteiger partial charge in [0.2, 0.25) is 0 Å². The van der Waals surface area contributed by atoms with Crippen LogP contribution in [-0.4, -0.2) is 13.6 Å². The van der Waals surface area contributed by atoms with Crippen LogP contribution in [0.3, 0.4) is 0 Å². The van der Waals surface area contributed by atoms with E-state index in [2.05, 4.69) is 32.7 Å². The average molecular weight is 342 g/mol. The van der Waals surface area contributed by atoms with Gasteiger partial charge in [0.25, 0.3) is 0 Å². The van der Waals surface area contributed by atoms with E-state index in [1.165, 1.54) is 10.9 Å². The van der Waals surface area contributed by atoms with Gasteiger partial charge in [-0.3, -0.25) is 0 Å². The first-order chi connectivity index (χ1) is 9.17. The van der Waals surface area contributed by atoms with E-state index in [1.807, 2.05) is 13.1 Å². The molecule has 1 aromatic carbocycles. The number of benzene rings is 1. The van der Waals surface area contributed by atoms with Crippen LogP contribution in [0.4, 0.5) is 4.39 Å². The molecule has 0 saturated carbocycles. The van der Waals surface area contributed by atoms with Crippen molar-refractivity contribution in [3.63, 3.8) is 0 Å². The maximum absolute atomic E-state index is 13.2. The van der Waals surface area contributed by atoms with Crippen LogP contribution in [0.25, 0.3) is 0 Å². The van der Waals surface area contributed by atoms with Gasteiger partial charge in [-0.1, -0.05) is 12.1 Å². The minimum Gasteiger partial charge on any atom is -0.319 e. The fourth-order valence-corrected chi connectivity index (χ4v) is 3.81. The topological polar surface area (TPSA) is 12.0 Å². The lowest BCUT2D eigenvalue weighted by Crippen LogP contribution is -2.22. The molecule has 0 saturated heterocycles. The second-order valence-corrected chi connectivity index (χ2v) is 6.60. The summed E-state index contributed by atoms with van der Waals surface area (Å²) in [5.74, 6) is 0.330. The van der Waals surface area contributed by atoms with Gasteiger partial charge >= 0.3 is 0 Å². The Bertz CT molecular complexity index is 526. The van der Waals surface area contributed by atoms with E-state index in [0.29, 0.717) is 5.92 Å². The highest BCUT2D eigenvalue weighted by Gasteiger charge is 2.12. The molecule has 1 aromatic heterocycles. The quantitative estimate of drug-likeness (QED) is 0.827. The molecule has 1 unspecified atom stereocenters. The SMILES string of the molecule is CNCC(Cc1cccc(F)c1)Cc1cc(Br)cs1. The summed E-state index contributed by atoms with van der Waals surface area (Å²) in [6.45, 7) is 0.937. The van der Waals surface area contributed by atoms with Crippen LogP contribution in [0.15, 0.2) is 40.2 Å². The number of halogens is 2. The Morgan fingerprint density at radius 3 is 2.79 bits per heavy atom. The van der Waals surface area contributed by atoms with Crippen molar-refractivity contribution in [2.75, 3.05) is 13.6 Å². The zero-order valence-electron chi connectivity index (χ0n) is 10.8. The molecule has 0 fully saturated rings. The van der Waals surface area contributed by atoms with E-state index < -0.39 is 0 Å². The fourth-order valence-electron chi connectivity index (χ4n) is 2.25. The van der Waals surface area contributed by atoms with Crippen molar-refractivity contribution in [3.8, 4) is 0 Å². The van der Waals surface area contributed by atoms with Crippen molar-refractivity contribution < 1.29 is 4.39 Å². The van der Waals surface area contributed by atoms with Crippen molar-refractivity contribution in [2.45, 2.75) is 12.8 Å². The third-order valence-corrected chi connectivity index (χ3v) is 4.74. The molecular formula is C15H17BrFNS. The first kappa shape index (κ1) is 14.7. The Morgan fingerprint density at radius 1 is 1.32 bits per heavy atom. The van der Waals surface area contributed by atoms with E-state index in [4.69, 9.17) is 0 Å². The van der Waals surface area contributed by atoms with E-state index in [9.17, 15) is 4.39 Å². The summed E-state index contributed by atoms with van der Waals surface area (Å²) in [5, 5.41) is 5.33. The van der Waals surface area contributed by atoms with Crippen molar-refractivity contribution >= 4 is 27.3 Å². The summed E-state index contributed by atoms with van der Waals surface area (Å²) in [5.41, 5.74) is 1.07. The maximum atomic E-state index is 13.2. The summed E-state index contributed by atoms with van der Waals surface area (Å²) >= 11 is 5.25. The molecule has 2 rings (SSSR count). The molecule has 0 aliphatic carbocycles. The molecule has 0 aliphatic rings. The summed E-state index contributed by atoms with van der Waals surface area (Å²) < 4.78 is 14.4. The lowest BCUT2D eigenvalue weighted by atomic mass is 9.95. The molecule has 1 heterocycles. The third-order valence-electron chi connectivity index (χ3n) is 3.02. The van der Waals surface area contributed by atoms with Gasteiger partial charge in [0, 0.05) is 14.7 Å². The Balaban J connectivity index is 2.03. The normalized spacial score (nSPS) is 12.6. The fraction of sp³-hybridized carbons (Fsp3) is 0.333. The number of hydrogen-bond acceptors (Lipinski definition) is 2. The molecule has 1 N–H and O–H groups in total. The van der Waals surface area contributed by atoms with Crippen molar-refractivity contribution in [3.05, 3.63) is 56.4 Å². The second kappa shape index (κ2) is 7.17. The predicted molar refractivity (Wildman–Crippen MR) is 83.2 cm³/mol. The number of thiophene rings is 1. The van der Waals surface area contributed by atoms with Gasteiger partial charge in [-0.25, -0.2) is 4.39 Å². The molecule has 2 aromatic rings. The van der Waals surface area contributed by atoms with Gasteiger partial charge < -0.3 is 5.32 Å².